The zero-order valence-corrected chi connectivity index (χ0v) is 43.9. The van der Waals surface area contributed by atoms with E-state index < -0.39 is 6.10 Å². The van der Waals surface area contributed by atoms with Gasteiger partial charge in [-0.05, 0) is 83.5 Å². The summed E-state index contributed by atoms with van der Waals surface area (Å²) in [5.41, 5.74) is 0. The quantitative estimate of drug-likeness (QED) is 0.0262. The fourth-order valence-corrected chi connectivity index (χ4v) is 7.70. The Hall–Kier alpha value is -3.41. The van der Waals surface area contributed by atoms with Gasteiger partial charge in [-0.3, -0.25) is 14.4 Å². The minimum atomic E-state index is -0.808. The summed E-state index contributed by atoms with van der Waals surface area (Å²) in [6.45, 7) is 6.46. The van der Waals surface area contributed by atoms with Crippen LogP contribution in [0.2, 0.25) is 0 Å². The van der Waals surface area contributed by atoms with E-state index in [4.69, 9.17) is 14.2 Å². The summed E-state index contributed by atoms with van der Waals surface area (Å²) >= 11 is 0. The van der Waals surface area contributed by atoms with Crippen molar-refractivity contribution in [1.29, 1.82) is 0 Å². The Labute approximate surface area is 414 Å². The molecule has 0 amide bonds. The normalized spacial score (nSPS) is 12.7. The van der Waals surface area contributed by atoms with Gasteiger partial charge in [-0.25, -0.2) is 0 Å². The van der Waals surface area contributed by atoms with Crippen LogP contribution in [0.1, 0.15) is 265 Å². The number of rotatable bonds is 50. The number of carbonyl (C=O) groups excluding carboxylic acids is 3. The van der Waals surface area contributed by atoms with Gasteiger partial charge in [-0.1, -0.05) is 247 Å². The van der Waals surface area contributed by atoms with Crippen LogP contribution in [-0.2, 0) is 28.6 Å². The van der Waals surface area contributed by atoms with Crippen molar-refractivity contribution in [2.75, 3.05) is 13.2 Å². The monoisotopic (exact) mass is 933 g/mol. The predicted octanol–water partition coefficient (Wildman–Crippen LogP) is 18.8. The minimum Gasteiger partial charge on any atom is -0.462 e. The summed E-state index contributed by atoms with van der Waals surface area (Å²) in [5.74, 6) is -0.986. The average Bonchev–Trinajstić information content (AvgIpc) is 3.33. The highest BCUT2D eigenvalue weighted by molar-refractivity contribution is 5.71. The zero-order valence-electron chi connectivity index (χ0n) is 43.9. The van der Waals surface area contributed by atoms with Crippen molar-refractivity contribution in [3.05, 3.63) is 85.1 Å². The number of hydrogen-bond acceptors (Lipinski definition) is 6. The molecule has 0 spiro atoms. The second-order valence-corrected chi connectivity index (χ2v) is 18.5. The molecule has 0 aromatic rings. The first-order valence-corrected chi connectivity index (χ1v) is 28.1. The first-order chi connectivity index (χ1) is 33.0. The fraction of sp³-hybridized carbons (Fsp3) is 0.721. The van der Waals surface area contributed by atoms with Gasteiger partial charge >= 0.3 is 17.9 Å². The Morgan fingerprint density at radius 1 is 0.313 bits per heavy atom. The molecule has 67 heavy (non-hydrogen) atoms. The van der Waals surface area contributed by atoms with Crippen molar-refractivity contribution in [3.63, 3.8) is 0 Å². The molecule has 0 aliphatic heterocycles. The van der Waals surface area contributed by atoms with Gasteiger partial charge < -0.3 is 14.2 Å². The Bertz CT molecular complexity index is 1300. The lowest BCUT2D eigenvalue weighted by molar-refractivity contribution is -0.166. The number of allylic oxidation sites excluding steroid dienone is 14. The van der Waals surface area contributed by atoms with E-state index in [1.165, 1.54) is 141 Å². The van der Waals surface area contributed by atoms with Crippen molar-refractivity contribution < 1.29 is 28.6 Å². The summed E-state index contributed by atoms with van der Waals surface area (Å²) in [4.78, 5) is 38.1. The van der Waals surface area contributed by atoms with E-state index >= 15 is 0 Å². The Morgan fingerprint density at radius 2 is 0.612 bits per heavy atom. The maximum atomic E-state index is 12.8. The van der Waals surface area contributed by atoms with Crippen LogP contribution in [0.15, 0.2) is 85.1 Å². The van der Waals surface area contributed by atoms with Crippen molar-refractivity contribution in [2.24, 2.45) is 0 Å². The van der Waals surface area contributed by atoms with Gasteiger partial charge in [-0.2, -0.15) is 0 Å². The average molecular weight is 933 g/mol. The SMILES string of the molecule is CC/C=C\C/C=C\C/C=C\C/C=C\C/C=C\C/C=C\CCC(=O)OCC(COC(=O)CCCCCCCCCCCCCCCCC)OC(=O)CCCCCCCCC/C=C\CCCCCC. The van der Waals surface area contributed by atoms with Gasteiger partial charge in [0, 0.05) is 19.3 Å². The van der Waals surface area contributed by atoms with Crippen LogP contribution in [-0.4, -0.2) is 37.2 Å². The van der Waals surface area contributed by atoms with E-state index in [0.717, 1.165) is 77.0 Å². The standard InChI is InChI=1S/C61H104O6/c1-4-7-10-13-16-19-22-25-28-29-30-31-34-36-39-42-45-48-51-54-60(63)66-57-58(67-61(64)55-52-49-46-43-40-37-33-27-24-21-18-15-12-9-6-3)56-65-59(62)53-50-47-44-41-38-35-32-26-23-20-17-14-11-8-5-2/h7,10,16,19,21,24-25,28,30-31,36,39,45,48,58H,4-6,8-9,11-15,17-18,20,22-23,26-27,29,32-35,37-38,40-44,46-47,49-57H2,1-3H3/b10-7-,19-16-,24-21-,28-25-,31-30-,39-36-,48-45-. The molecular formula is C61H104O6. The first-order valence-electron chi connectivity index (χ1n) is 28.1. The van der Waals surface area contributed by atoms with E-state index in [9.17, 15) is 14.4 Å². The molecule has 0 fully saturated rings. The topological polar surface area (TPSA) is 78.9 Å². The molecule has 0 radical (unpaired) electrons. The van der Waals surface area contributed by atoms with E-state index in [0.29, 0.717) is 19.3 Å². The highest BCUT2D eigenvalue weighted by Gasteiger charge is 2.19. The largest absolute Gasteiger partial charge is 0.462 e. The van der Waals surface area contributed by atoms with Crippen molar-refractivity contribution in [3.8, 4) is 0 Å². The van der Waals surface area contributed by atoms with Crippen LogP contribution in [0.5, 0.6) is 0 Å². The maximum Gasteiger partial charge on any atom is 0.306 e. The smallest absolute Gasteiger partial charge is 0.306 e. The van der Waals surface area contributed by atoms with Crippen molar-refractivity contribution >= 4 is 17.9 Å². The van der Waals surface area contributed by atoms with Gasteiger partial charge in [0.05, 0.1) is 0 Å². The third-order valence-corrected chi connectivity index (χ3v) is 11.9. The second kappa shape index (κ2) is 55.2. The maximum absolute atomic E-state index is 12.8. The van der Waals surface area contributed by atoms with Crippen LogP contribution in [0, 0.1) is 0 Å². The molecule has 384 valence electrons. The molecule has 0 N–H and O–H groups in total. The molecule has 0 aromatic carbocycles. The highest BCUT2D eigenvalue weighted by atomic mass is 16.6. The Morgan fingerprint density at radius 3 is 1.01 bits per heavy atom. The molecule has 0 rings (SSSR count). The molecule has 0 saturated carbocycles. The predicted molar refractivity (Wildman–Crippen MR) is 288 cm³/mol. The van der Waals surface area contributed by atoms with Gasteiger partial charge in [0.25, 0.3) is 0 Å². The molecule has 0 heterocycles. The molecule has 0 bridgehead atoms. The summed E-state index contributed by atoms with van der Waals surface area (Å²) in [7, 11) is 0. The van der Waals surface area contributed by atoms with E-state index in [2.05, 4.69) is 99.8 Å². The van der Waals surface area contributed by atoms with Crippen LogP contribution in [0.4, 0.5) is 0 Å². The molecule has 1 unspecified atom stereocenters. The van der Waals surface area contributed by atoms with Crippen LogP contribution in [0.3, 0.4) is 0 Å². The lowest BCUT2D eigenvalue weighted by Gasteiger charge is -2.18. The third-order valence-electron chi connectivity index (χ3n) is 11.9. The van der Waals surface area contributed by atoms with Crippen molar-refractivity contribution in [2.45, 2.75) is 271 Å². The Kier molecular flexibility index (Phi) is 52.4. The molecule has 1 atom stereocenters. The number of esters is 3. The van der Waals surface area contributed by atoms with Gasteiger partial charge in [0.15, 0.2) is 6.10 Å². The number of carbonyl (C=O) groups is 3. The van der Waals surface area contributed by atoms with Crippen LogP contribution in [0.25, 0.3) is 0 Å². The molecule has 0 aliphatic rings. The van der Waals surface area contributed by atoms with Crippen LogP contribution >= 0.6 is 0 Å². The summed E-state index contributed by atoms with van der Waals surface area (Å²) in [6, 6.07) is 0. The summed E-state index contributed by atoms with van der Waals surface area (Å²) in [5, 5.41) is 0. The fourth-order valence-electron chi connectivity index (χ4n) is 7.70. The lowest BCUT2D eigenvalue weighted by atomic mass is 10.0. The number of unbranched alkanes of at least 4 members (excludes halogenated alkanes) is 25. The Balaban J connectivity index is 4.49. The third kappa shape index (κ3) is 53.4. The molecule has 0 aliphatic carbocycles. The first kappa shape index (κ1) is 63.6. The molecular weight excluding hydrogens is 829 g/mol. The number of ether oxygens (including phenoxy) is 3. The number of hydrogen-bond donors (Lipinski definition) is 0. The van der Waals surface area contributed by atoms with Gasteiger partial charge in [0.2, 0.25) is 0 Å². The van der Waals surface area contributed by atoms with Gasteiger partial charge in [0.1, 0.15) is 13.2 Å². The lowest BCUT2D eigenvalue weighted by Crippen LogP contribution is -2.30. The zero-order chi connectivity index (χ0) is 48.6. The molecule has 6 nitrogen and oxygen atoms in total. The minimum absolute atomic E-state index is 0.0994. The molecule has 0 aromatic heterocycles. The van der Waals surface area contributed by atoms with Gasteiger partial charge in [-0.15, -0.1) is 0 Å². The molecule has 6 heteroatoms. The van der Waals surface area contributed by atoms with E-state index in [1.54, 1.807) is 0 Å². The van der Waals surface area contributed by atoms with Crippen molar-refractivity contribution in [1.82, 2.24) is 0 Å². The summed E-state index contributed by atoms with van der Waals surface area (Å²) in [6.07, 6.45) is 71.5. The summed E-state index contributed by atoms with van der Waals surface area (Å²) < 4.78 is 16.8. The molecule has 0 saturated heterocycles. The van der Waals surface area contributed by atoms with E-state index in [1.807, 2.05) is 6.08 Å². The highest BCUT2D eigenvalue weighted by Crippen LogP contribution is 2.15. The second-order valence-electron chi connectivity index (χ2n) is 18.5. The van der Waals surface area contributed by atoms with Crippen LogP contribution < -0.4 is 0 Å². The van der Waals surface area contributed by atoms with E-state index in [-0.39, 0.29) is 37.5 Å².